The second-order valence-electron chi connectivity index (χ2n) is 6.46. The van der Waals surface area contributed by atoms with Gasteiger partial charge in [-0.3, -0.25) is 4.18 Å². The number of rotatable bonds is 3. The van der Waals surface area contributed by atoms with Gasteiger partial charge in [0.1, 0.15) is 24.9 Å². The van der Waals surface area contributed by atoms with Gasteiger partial charge in [0.2, 0.25) is 5.79 Å². The van der Waals surface area contributed by atoms with E-state index in [1.54, 1.807) is 27.7 Å². The van der Waals surface area contributed by atoms with Crippen molar-refractivity contribution < 1.29 is 36.3 Å². The van der Waals surface area contributed by atoms with Gasteiger partial charge in [0, 0.05) is 10.7 Å². The molecule has 0 spiro atoms. The molecule has 128 valence electrons. The van der Waals surface area contributed by atoms with Crippen molar-refractivity contribution in [3.63, 3.8) is 0 Å². The van der Waals surface area contributed by atoms with E-state index in [9.17, 15) is 8.42 Å². The Balaban J connectivity index is 1.87. The zero-order valence-electron chi connectivity index (χ0n) is 12.7. The van der Waals surface area contributed by atoms with Crippen molar-refractivity contribution in [3.05, 3.63) is 0 Å². The third kappa shape index (κ3) is 3.13. The van der Waals surface area contributed by atoms with Crippen molar-refractivity contribution in [1.82, 2.24) is 0 Å². The van der Waals surface area contributed by atoms with E-state index in [1.807, 2.05) is 0 Å². The van der Waals surface area contributed by atoms with E-state index in [1.165, 1.54) is 0 Å². The first kappa shape index (κ1) is 16.8. The fourth-order valence-corrected chi connectivity index (χ4v) is 3.54. The van der Waals surface area contributed by atoms with E-state index in [-0.39, 0.29) is 12.7 Å². The number of ether oxygens (including phenoxy) is 5. The van der Waals surface area contributed by atoms with E-state index in [0.29, 0.717) is 0 Å². The maximum atomic E-state index is 11.1. The van der Waals surface area contributed by atoms with Crippen LogP contribution < -0.4 is 0 Å². The molecule has 0 unspecified atom stereocenters. The van der Waals surface area contributed by atoms with Crippen molar-refractivity contribution >= 4 is 20.0 Å². The standard InChI is InChI=1S/C12H19ClO8S/c1-10(2)18-7-5-16-12(6-17-22(13,14)15)9(8(7)19-10)20-11(3,4)21-12/h7-9H,5-6H2,1-4H3/t7-,8-,9+,12-/m1/s1. The summed E-state index contributed by atoms with van der Waals surface area (Å²) < 4.78 is 55.8. The molecule has 0 bridgehead atoms. The van der Waals surface area contributed by atoms with Gasteiger partial charge in [-0.2, -0.15) is 8.42 Å². The van der Waals surface area contributed by atoms with E-state index >= 15 is 0 Å². The molecular formula is C12H19ClO8S. The average Bonchev–Trinajstić information content (AvgIpc) is 2.78. The summed E-state index contributed by atoms with van der Waals surface area (Å²) >= 11 is 0. The molecule has 3 aliphatic rings. The van der Waals surface area contributed by atoms with E-state index in [0.717, 1.165) is 0 Å². The predicted molar refractivity (Wildman–Crippen MR) is 73.3 cm³/mol. The molecule has 3 saturated heterocycles. The molecule has 0 saturated carbocycles. The van der Waals surface area contributed by atoms with Crippen LogP contribution in [0.4, 0.5) is 0 Å². The zero-order chi connectivity index (χ0) is 16.4. The molecule has 3 rings (SSSR count). The van der Waals surface area contributed by atoms with Gasteiger partial charge < -0.3 is 23.7 Å². The summed E-state index contributed by atoms with van der Waals surface area (Å²) in [5.41, 5.74) is 0. The smallest absolute Gasteiger partial charge is 0.343 e. The van der Waals surface area contributed by atoms with Crippen molar-refractivity contribution in [3.8, 4) is 0 Å². The van der Waals surface area contributed by atoms with Crippen molar-refractivity contribution in [2.75, 3.05) is 13.2 Å². The highest BCUT2D eigenvalue weighted by molar-refractivity contribution is 8.09. The molecule has 4 atom stereocenters. The average molecular weight is 359 g/mol. The second-order valence-corrected chi connectivity index (χ2v) is 8.61. The molecule has 8 nitrogen and oxygen atoms in total. The van der Waals surface area contributed by atoms with Gasteiger partial charge in [-0.05, 0) is 27.7 Å². The molecule has 0 aromatic heterocycles. The van der Waals surface area contributed by atoms with Crippen molar-refractivity contribution in [2.24, 2.45) is 0 Å². The minimum atomic E-state index is -4.16. The molecule has 0 radical (unpaired) electrons. The van der Waals surface area contributed by atoms with Crippen molar-refractivity contribution in [2.45, 2.75) is 63.4 Å². The van der Waals surface area contributed by atoms with E-state index in [2.05, 4.69) is 4.18 Å². The largest absolute Gasteiger partial charge is 0.355 e. The molecule has 0 N–H and O–H groups in total. The summed E-state index contributed by atoms with van der Waals surface area (Å²) in [7, 11) is 0.944. The Morgan fingerprint density at radius 2 is 1.82 bits per heavy atom. The lowest BCUT2D eigenvalue weighted by Gasteiger charge is -2.39. The Kier molecular flexibility index (Phi) is 3.83. The summed E-state index contributed by atoms with van der Waals surface area (Å²) in [6.07, 6.45) is -1.51. The van der Waals surface area contributed by atoms with Crippen LogP contribution in [-0.4, -0.2) is 57.3 Å². The minimum Gasteiger partial charge on any atom is -0.343 e. The van der Waals surface area contributed by atoms with E-state index < -0.39 is 45.5 Å². The second kappa shape index (κ2) is 5.00. The van der Waals surface area contributed by atoms with Gasteiger partial charge in [-0.25, -0.2) is 0 Å². The Hall–Kier alpha value is -0.0000000000000000694. The third-order valence-corrected chi connectivity index (χ3v) is 4.34. The highest BCUT2D eigenvalue weighted by Gasteiger charge is 2.65. The Labute approximate surface area is 133 Å². The van der Waals surface area contributed by atoms with Crippen LogP contribution in [0.1, 0.15) is 27.7 Å². The first-order valence-corrected chi connectivity index (χ1v) is 9.12. The monoisotopic (exact) mass is 358 g/mol. The number of fused-ring (bicyclic) bond motifs is 3. The Morgan fingerprint density at radius 1 is 1.14 bits per heavy atom. The lowest BCUT2D eigenvalue weighted by molar-refractivity contribution is -0.290. The number of hydrogen-bond acceptors (Lipinski definition) is 8. The number of hydrogen-bond donors (Lipinski definition) is 0. The Morgan fingerprint density at radius 3 is 2.45 bits per heavy atom. The molecular weight excluding hydrogens is 340 g/mol. The maximum absolute atomic E-state index is 11.1. The molecule has 0 aromatic carbocycles. The summed E-state index contributed by atoms with van der Waals surface area (Å²) in [6, 6.07) is 0. The van der Waals surface area contributed by atoms with Gasteiger partial charge in [0.15, 0.2) is 11.6 Å². The lowest BCUT2D eigenvalue weighted by Crippen LogP contribution is -2.60. The van der Waals surface area contributed by atoms with E-state index in [4.69, 9.17) is 34.4 Å². The lowest BCUT2D eigenvalue weighted by atomic mass is 9.98. The molecule has 3 heterocycles. The van der Waals surface area contributed by atoms with Crippen LogP contribution in [0.5, 0.6) is 0 Å². The van der Waals surface area contributed by atoms with Gasteiger partial charge >= 0.3 is 9.33 Å². The van der Waals surface area contributed by atoms with Crippen LogP contribution in [0.25, 0.3) is 0 Å². The van der Waals surface area contributed by atoms with Crippen LogP contribution in [0.15, 0.2) is 0 Å². The topological polar surface area (TPSA) is 89.5 Å². The number of halogens is 1. The summed E-state index contributed by atoms with van der Waals surface area (Å²) in [6.45, 7) is 6.69. The van der Waals surface area contributed by atoms with Gasteiger partial charge in [-0.15, -0.1) is 0 Å². The molecule has 22 heavy (non-hydrogen) atoms. The molecule has 3 fully saturated rings. The highest BCUT2D eigenvalue weighted by Crippen LogP contribution is 2.47. The fraction of sp³-hybridized carbons (Fsp3) is 1.00. The van der Waals surface area contributed by atoms with Crippen LogP contribution in [0.3, 0.4) is 0 Å². The fourth-order valence-electron chi connectivity index (χ4n) is 3.10. The molecule has 0 amide bonds. The molecule has 3 aliphatic heterocycles. The molecule has 10 heteroatoms. The third-order valence-electron chi connectivity index (χ3n) is 3.68. The first-order valence-electron chi connectivity index (χ1n) is 6.88. The van der Waals surface area contributed by atoms with Crippen LogP contribution in [0.2, 0.25) is 0 Å². The van der Waals surface area contributed by atoms with Crippen LogP contribution in [-0.2, 0) is 37.2 Å². The summed E-state index contributed by atoms with van der Waals surface area (Å²) in [4.78, 5) is 0. The summed E-state index contributed by atoms with van der Waals surface area (Å²) in [5.74, 6) is -3.20. The summed E-state index contributed by atoms with van der Waals surface area (Å²) in [5, 5.41) is 0. The van der Waals surface area contributed by atoms with Crippen LogP contribution >= 0.6 is 10.7 Å². The van der Waals surface area contributed by atoms with Crippen LogP contribution in [0, 0.1) is 0 Å². The maximum Gasteiger partial charge on any atom is 0.355 e. The van der Waals surface area contributed by atoms with Gasteiger partial charge in [0.25, 0.3) is 0 Å². The van der Waals surface area contributed by atoms with Gasteiger partial charge in [0.05, 0.1) is 6.61 Å². The van der Waals surface area contributed by atoms with Gasteiger partial charge in [-0.1, -0.05) is 0 Å². The zero-order valence-corrected chi connectivity index (χ0v) is 14.3. The highest BCUT2D eigenvalue weighted by atomic mass is 35.7. The Bertz CT molecular complexity index is 561. The first-order chi connectivity index (χ1) is 9.92. The minimum absolute atomic E-state index is 0.162. The predicted octanol–water partition coefficient (Wildman–Crippen LogP) is 0.885. The normalized spacial score (nSPS) is 42.9. The van der Waals surface area contributed by atoms with Crippen molar-refractivity contribution in [1.29, 1.82) is 0 Å². The molecule has 0 aromatic rings. The molecule has 0 aliphatic carbocycles. The quantitative estimate of drug-likeness (QED) is 0.687. The SMILES string of the molecule is CC1(C)O[C@@H]2[C@@H](CO[C@]3(COS(=O)(=O)Cl)OC(C)(C)O[C@@H]23)O1.